The van der Waals surface area contributed by atoms with E-state index >= 15 is 0 Å². The van der Waals surface area contributed by atoms with E-state index in [0.717, 1.165) is 5.69 Å². The van der Waals surface area contributed by atoms with Crippen molar-refractivity contribution in [1.82, 2.24) is 9.78 Å². The molecular formula is C31H25FN4O4S. The highest BCUT2D eigenvalue weighted by atomic mass is 32.2. The van der Waals surface area contributed by atoms with Crippen molar-refractivity contribution < 1.29 is 22.3 Å². The molecule has 0 unspecified atom stereocenters. The van der Waals surface area contributed by atoms with Crippen LogP contribution in [0.25, 0.3) is 23.0 Å². The Morgan fingerprint density at radius 2 is 1.59 bits per heavy atom. The Balaban J connectivity index is 1.32. The number of nitrogens with one attached hydrogen (secondary N) is 2. The Hall–Kier alpha value is -5.22. The first-order valence-electron chi connectivity index (χ1n) is 12.5. The molecule has 5 aromatic rings. The van der Waals surface area contributed by atoms with Crippen molar-refractivity contribution in [1.29, 1.82) is 0 Å². The Morgan fingerprint density at radius 1 is 0.902 bits per heavy atom. The number of aromatic nitrogens is 2. The highest BCUT2D eigenvalue weighted by Crippen LogP contribution is 2.27. The van der Waals surface area contributed by atoms with Gasteiger partial charge >= 0.3 is 0 Å². The van der Waals surface area contributed by atoms with Gasteiger partial charge in [-0.1, -0.05) is 30.3 Å². The minimum Gasteiger partial charge on any atom is -0.495 e. The Kier molecular flexibility index (Phi) is 7.93. The van der Waals surface area contributed by atoms with Gasteiger partial charge in [0, 0.05) is 29.1 Å². The fourth-order valence-electron chi connectivity index (χ4n) is 4.05. The molecule has 0 bridgehead atoms. The van der Waals surface area contributed by atoms with E-state index in [0.29, 0.717) is 33.9 Å². The molecule has 4 aromatic carbocycles. The molecule has 0 spiro atoms. The molecule has 2 N–H and O–H groups in total. The van der Waals surface area contributed by atoms with Crippen molar-refractivity contribution in [2.45, 2.75) is 4.90 Å². The molecule has 5 rings (SSSR count). The number of amides is 1. The van der Waals surface area contributed by atoms with Crippen molar-refractivity contribution in [3.8, 4) is 22.7 Å². The number of rotatable bonds is 9. The summed E-state index contributed by atoms with van der Waals surface area (Å²) in [6, 6.07) is 27.9. The second kappa shape index (κ2) is 11.9. The number of hydrogen-bond acceptors (Lipinski definition) is 5. The molecule has 0 atom stereocenters. The maximum absolute atomic E-state index is 13.5. The summed E-state index contributed by atoms with van der Waals surface area (Å²) >= 11 is 0. The number of hydrogen-bond donors (Lipinski definition) is 2. The summed E-state index contributed by atoms with van der Waals surface area (Å²) in [4.78, 5) is 12.8. The number of sulfonamides is 1. The van der Waals surface area contributed by atoms with Gasteiger partial charge in [0.1, 0.15) is 11.6 Å². The summed E-state index contributed by atoms with van der Waals surface area (Å²) in [5.41, 5.74) is 3.48. The van der Waals surface area contributed by atoms with Crippen LogP contribution in [-0.4, -0.2) is 31.2 Å². The second-order valence-corrected chi connectivity index (χ2v) is 10.6. The second-order valence-electron chi connectivity index (χ2n) is 8.87. The van der Waals surface area contributed by atoms with Crippen LogP contribution in [0.4, 0.5) is 15.8 Å². The predicted molar refractivity (Wildman–Crippen MR) is 157 cm³/mol. The van der Waals surface area contributed by atoms with Gasteiger partial charge in [0.2, 0.25) is 5.91 Å². The lowest BCUT2D eigenvalue weighted by atomic mass is 10.1. The SMILES string of the molecule is COc1ccccc1NS(=O)(=O)c1ccc(NC(=O)C=Cc2cn(-c3ccccc3)nc2-c2ccc(F)cc2)cc1. The van der Waals surface area contributed by atoms with Crippen molar-refractivity contribution in [3.63, 3.8) is 0 Å². The number of methoxy groups -OCH3 is 1. The summed E-state index contributed by atoms with van der Waals surface area (Å²) in [7, 11) is -2.42. The highest BCUT2D eigenvalue weighted by Gasteiger charge is 2.17. The first-order chi connectivity index (χ1) is 19.8. The van der Waals surface area contributed by atoms with Crippen molar-refractivity contribution in [2.24, 2.45) is 0 Å². The Labute approximate surface area is 236 Å². The molecule has 1 heterocycles. The molecule has 10 heteroatoms. The lowest BCUT2D eigenvalue weighted by Crippen LogP contribution is -2.14. The van der Waals surface area contributed by atoms with Gasteiger partial charge in [0.25, 0.3) is 10.0 Å². The van der Waals surface area contributed by atoms with E-state index in [2.05, 4.69) is 15.1 Å². The average molecular weight is 569 g/mol. The lowest BCUT2D eigenvalue weighted by molar-refractivity contribution is -0.111. The minimum absolute atomic E-state index is 0.0224. The fraction of sp³-hybridized carbons (Fsp3) is 0.0323. The van der Waals surface area contributed by atoms with Crippen LogP contribution < -0.4 is 14.8 Å². The van der Waals surface area contributed by atoms with Gasteiger partial charge in [-0.05, 0) is 78.9 Å². The molecule has 0 aliphatic carbocycles. The third-order valence-corrected chi connectivity index (χ3v) is 7.46. The van der Waals surface area contributed by atoms with Crippen LogP contribution in [-0.2, 0) is 14.8 Å². The quantitative estimate of drug-likeness (QED) is 0.208. The maximum atomic E-state index is 13.5. The van der Waals surface area contributed by atoms with Gasteiger partial charge in [-0.3, -0.25) is 9.52 Å². The molecule has 0 radical (unpaired) electrons. The molecule has 206 valence electrons. The van der Waals surface area contributed by atoms with Crippen LogP contribution >= 0.6 is 0 Å². The standard InChI is InChI=1S/C31H25FN4O4S/c1-40-29-10-6-5-9-28(29)35-41(38,39)27-18-16-25(17-19-27)33-30(37)20-13-23-21-36(26-7-3-2-4-8-26)34-31(23)22-11-14-24(32)15-12-22/h2-21,35H,1H3,(H,33,37). The van der Waals surface area contributed by atoms with E-state index in [1.807, 2.05) is 30.3 Å². The van der Waals surface area contributed by atoms with Crippen LogP contribution in [0.1, 0.15) is 5.56 Å². The zero-order valence-corrected chi connectivity index (χ0v) is 22.7. The summed E-state index contributed by atoms with van der Waals surface area (Å²) < 4.78 is 48.6. The highest BCUT2D eigenvalue weighted by molar-refractivity contribution is 7.92. The molecular weight excluding hydrogens is 543 g/mol. The van der Waals surface area contributed by atoms with Crippen LogP contribution in [0.2, 0.25) is 0 Å². The number of anilines is 2. The molecule has 1 aromatic heterocycles. The zero-order chi connectivity index (χ0) is 28.8. The third-order valence-electron chi connectivity index (χ3n) is 6.08. The number of nitrogens with zero attached hydrogens (tertiary/aromatic N) is 2. The summed E-state index contributed by atoms with van der Waals surface area (Å²) in [5, 5.41) is 7.38. The summed E-state index contributed by atoms with van der Waals surface area (Å²) in [5.74, 6) is -0.393. The van der Waals surface area contributed by atoms with Crippen LogP contribution in [0.5, 0.6) is 5.75 Å². The average Bonchev–Trinajstić information content (AvgIpc) is 3.42. The zero-order valence-electron chi connectivity index (χ0n) is 21.9. The largest absolute Gasteiger partial charge is 0.495 e. The van der Waals surface area contributed by atoms with E-state index in [1.165, 1.54) is 49.6 Å². The number of carbonyl (C=O) groups is 1. The molecule has 0 saturated carbocycles. The Bertz CT molecular complexity index is 1800. The topological polar surface area (TPSA) is 102 Å². The minimum atomic E-state index is -3.88. The van der Waals surface area contributed by atoms with Crippen molar-refractivity contribution >= 4 is 33.4 Å². The van der Waals surface area contributed by atoms with E-state index in [9.17, 15) is 17.6 Å². The number of para-hydroxylation sites is 3. The van der Waals surface area contributed by atoms with Gasteiger partial charge in [-0.25, -0.2) is 17.5 Å². The first-order valence-corrected chi connectivity index (χ1v) is 14.0. The first kappa shape index (κ1) is 27.4. The molecule has 8 nitrogen and oxygen atoms in total. The molecule has 0 aliphatic rings. The van der Waals surface area contributed by atoms with Gasteiger partial charge in [-0.2, -0.15) is 5.10 Å². The normalized spacial score (nSPS) is 11.4. The smallest absolute Gasteiger partial charge is 0.262 e. The Morgan fingerprint density at radius 3 is 2.29 bits per heavy atom. The van der Waals surface area contributed by atoms with Crippen LogP contribution in [0.15, 0.2) is 120 Å². The molecule has 0 aliphatic heterocycles. The van der Waals surface area contributed by atoms with Gasteiger partial charge < -0.3 is 10.1 Å². The van der Waals surface area contributed by atoms with E-state index < -0.39 is 15.9 Å². The monoisotopic (exact) mass is 568 g/mol. The number of carbonyl (C=O) groups excluding carboxylic acids is 1. The predicted octanol–water partition coefficient (Wildman–Crippen LogP) is 6.14. The van der Waals surface area contributed by atoms with Gasteiger partial charge in [0.05, 0.1) is 29.1 Å². The van der Waals surface area contributed by atoms with Gasteiger partial charge in [-0.15, -0.1) is 0 Å². The number of ether oxygens (including phenoxy) is 1. The van der Waals surface area contributed by atoms with E-state index in [-0.39, 0.29) is 10.7 Å². The summed E-state index contributed by atoms with van der Waals surface area (Å²) in [6.07, 6.45) is 4.76. The number of benzene rings is 4. The van der Waals surface area contributed by atoms with Gasteiger partial charge in [0.15, 0.2) is 0 Å². The van der Waals surface area contributed by atoms with Crippen molar-refractivity contribution in [3.05, 3.63) is 127 Å². The van der Waals surface area contributed by atoms with E-state index in [1.54, 1.807) is 53.4 Å². The molecule has 1 amide bonds. The fourth-order valence-corrected chi connectivity index (χ4v) is 5.12. The lowest BCUT2D eigenvalue weighted by Gasteiger charge is -2.12. The van der Waals surface area contributed by atoms with Crippen molar-refractivity contribution in [2.75, 3.05) is 17.1 Å². The molecule has 0 fully saturated rings. The molecule has 0 saturated heterocycles. The number of halogens is 1. The van der Waals surface area contributed by atoms with E-state index in [4.69, 9.17) is 4.74 Å². The summed E-state index contributed by atoms with van der Waals surface area (Å²) in [6.45, 7) is 0. The van der Waals surface area contributed by atoms with Crippen LogP contribution in [0.3, 0.4) is 0 Å². The molecule has 41 heavy (non-hydrogen) atoms. The van der Waals surface area contributed by atoms with Crippen LogP contribution in [0, 0.1) is 5.82 Å². The maximum Gasteiger partial charge on any atom is 0.262 e. The third kappa shape index (κ3) is 6.51.